The maximum absolute atomic E-state index is 13.9. The molecule has 7 nitrogen and oxygen atoms in total. The first-order valence-corrected chi connectivity index (χ1v) is 13.0. The van der Waals surface area contributed by atoms with Gasteiger partial charge in [0.1, 0.15) is 11.5 Å². The molecule has 1 amide bonds. The maximum Gasteiger partial charge on any atom is 0.248 e. The minimum Gasteiger partial charge on any atom is -0.335 e. The average Bonchev–Trinajstić information content (AvgIpc) is 3.51. The van der Waals surface area contributed by atoms with Gasteiger partial charge in [0, 0.05) is 68.7 Å². The zero-order valence-electron chi connectivity index (χ0n) is 21.1. The zero-order chi connectivity index (χ0) is 25.7. The van der Waals surface area contributed by atoms with Gasteiger partial charge in [-0.15, -0.1) is 0 Å². The first kappa shape index (κ1) is 23.8. The minimum absolute atomic E-state index is 0.00980. The summed E-state index contributed by atoms with van der Waals surface area (Å²) < 4.78 is 31.8. The van der Waals surface area contributed by atoms with E-state index < -0.39 is 5.92 Å². The predicted molar refractivity (Wildman–Crippen MR) is 137 cm³/mol. The average molecular weight is 505 g/mol. The number of carbonyl (C=O) groups is 1. The van der Waals surface area contributed by atoms with Gasteiger partial charge in [-0.25, -0.2) is 13.8 Å². The molecule has 0 spiro atoms. The Bertz CT molecular complexity index is 1480. The molecule has 1 saturated carbocycles. The number of alkyl halides is 2. The van der Waals surface area contributed by atoms with Crippen molar-refractivity contribution in [3.05, 3.63) is 54.2 Å². The number of halogens is 2. The van der Waals surface area contributed by atoms with Crippen molar-refractivity contribution in [1.82, 2.24) is 29.2 Å². The Hall–Kier alpha value is -3.62. The lowest BCUT2D eigenvalue weighted by molar-refractivity contribution is -0.132. The monoisotopic (exact) mass is 504 g/mol. The molecule has 1 aliphatic heterocycles. The van der Waals surface area contributed by atoms with Crippen molar-refractivity contribution in [1.29, 1.82) is 0 Å². The molecule has 0 N–H and O–H groups in total. The molecule has 1 aliphatic carbocycles. The highest BCUT2D eigenvalue weighted by molar-refractivity contribution is 5.97. The predicted octanol–water partition coefficient (Wildman–Crippen LogP) is 5.54. The van der Waals surface area contributed by atoms with Crippen LogP contribution < -0.4 is 0 Å². The molecular weight excluding hydrogens is 474 g/mol. The molecule has 6 rings (SSSR count). The Morgan fingerprint density at radius 1 is 1.14 bits per heavy atom. The molecular formula is C28H30F2N6O. The number of pyridine rings is 1. The van der Waals surface area contributed by atoms with Gasteiger partial charge in [0.25, 0.3) is 0 Å². The second-order valence-corrected chi connectivity index (χ2v) is 10.2. The molecule has 192 valence electrons. The first-order valence-electron chi connectivity index (χ1n) is 13.0. The van der Waals surface area contributed by atoms with Crippen molar-refractivity contribution in [2.45, 2.75) is 64.0 Å². The quantitative estimate of drug-likeness (QED) is 0.366. The van der Waals surface area contributed by atoms with Crippen molar-refractivity contribution in [3.8, 4) is 22.6 Å². The fourth-order valence-electron chi connectivity index (χ4n) is 5.73. The van der Waals surface area contributed by atoms with Gasteiger partial charge in [-0.1, -0.05) is 25.1 Å². The van der Waals surface area contributed by atoms with Crippen LogP contribution in [0.1, 0.15) is 56.5 Å². The summed E-state index contributed by atoms with van der Waals surface area (Å²) in [6.07, 6.45) is 4.83. The number of rotatable bonds is 4. The molecule has 1 aromatic carbocycles. The van der Waals surface area contributed by atoms with Crippen molar-refractivity contribution in [2.24, 2.45) is 7.05 Å². The highest BCUT2D eigenvalue weighted by atomic mass is 19.3. The van der Waals surface area contributed by atoms with Crippen LogP contribution in [-0.4, -0.2) is 47.6 Å². The van der Waals surface area contributed by atoms with E-state index in [0.717, 1.165) is 44.9 Å². The van der Waals surface area contributed by atoms with E-state index >= 15 is 0 Å². The number of aromatic nitrogens is 5. The number of benzene rings is 1. The highest BCUT2D eigenvalue weighted by Gasteiger charge is 2.38. The molecule has 4 aromatic rings. The van der Waals surface area contributed by atoms with E-state index in [1.807, 2.05) is 61.6 Å². The Labute approximate surface area is 214 Å². The molecule has 0 radical (unpaired) electrons. The van der Waals surface area contributed by atoms with E-state index in [1.165, 1.54) is 0 Å². The van der Waals surface area contributed by atoms with E-state index in [0.29, 0.717) is 38.9 Å². The fourth-order valence-corrected chi connectivity index (χ4v) is 5.73. The van der Waals surface area contributed by atoms with Gasteiger partial charge >= 0.3 is 0 Å². The van der Waals surface area contributed by atoms with E-state index in [-0.39, 0.29) is 24.7 Å². The lowest BCUT2D eigenvalue weighted by Crippen LogP contribution is -2.38. The molecule has 37 heavy (non-hydrogen) atoms. The lowest BCUT2D eigenvalue weighted by atomic mass is 9.86. The third-order valence-electron chi connectivity index (χ3n) is 7.77. The SMILES string of the molecule is CCC(=O)N1CCn2c(C3CCC(F)(F)CC3)nc(-c3cccc4cc(-c5ccn(C)n5)ncc34)c2C1. The summed E-state index contributed by atoms with van der Waals surface area (Å²) >= 11 is 0. The Kier molecular flexibility index (Phi) is 5.81. The largest absolute Gasteiger partial charge is 0.335 e. The number of nitrogens with zero attached hydrogens (tertiary/aromatic N) is 6. The van der Waals surface area contributed by atoms with Crippen LogP contribution in [0.15, 0.2) is 42.7 Å². The highest BCUT2D eigenvalue weighted by Crippen LogP contribution is 2.43. The van der Waals surface area contributed by atoms with Gasteiger partial charge in [-0.3, -0.25) is 14.5 Å². The molecule has 4 heterocycles. The van der Waals surface area contributed by atoms with Crippen LogP contribution >= 0.6 is 0 Å². The number of imidazole rings is 1. The van der Waals surface area contributed by atoms with E-state index in [2.05, 4.69) is 9.67 Å². The first-order chi connectivity index (χ1) is 17.8. The van der Waals surface area contributed by atoms with Crippen LogP contribution in [-0.2, 0) is 24.9 Å². The molecule has 0 saturated heterocycles. The molecule has 3 aromatic heterocycles. The van der Waals surface area contributed by atoms with Gasteiger partial charge in [0.2, 0.25) is 11.8 Å². The normalized spacial score (nSPS) is 17.8. The van der Waals surface area contributed by atoms with Gasteiger partial charge in [0.05, 0.1) is 23.6 Å². The van der Waals surface area contributed by atoms with Gasteiger partial charge in [0.15, 0.2) is 0 Å². The summed E-state index contributed by atoms with van der Waals surface area (Å²) in [6.45, 7) is 3.57. The fraction of sp³-hybridized carbons (Fsp3) is 0.429. The lowest BCUT2D eigenvalue weighted by Gasteiger charge is -2.32. The minimum atomic E-state index is -2.59. The number of carbonyl (C=O) groups excluding carboxylic acids is 1. The van der Waals surface area contributed by atoms with E-state index in [1.54, 1.807) is 4.68 Å². The topological polar surface area (TPSA) is 68.8 Å². The van der Waals surface area contributed by atoms with Crippen LogP contribution in [0.25, 0.3) is 33.4 Å². The summed E-state index contributed by atoms with van der Waals surface area (Å²) in [6, 6.07) is 10.0. The summed E-state index contributed by atoms with van der Waals surface area (Å²) in [4.78, 5) is 24.3. The number of amides is 1. The van der Waals surface area contributed by atoms with Crippen LogP contribution in [0.2, 0.25) is 0 Å². The molecule has 2 aliphatic rings. The summed E-state index contributed by atoms with van der Waals surface area (Å²) in [5.41, 5.74) is 4.33. The molecule has 9 heteroatoms. The third-order valence-corrected chi connectivity index (χ3v) is 7.77. The molecule has 0 bridgehead atoms. The van der Waals surface area contributed by atoms with Gasteiger partial charge in [-0.05, 0) is 30.4 Å². The Morgan fingerprint density at radius 2 is 1.95 bits per heavy atom. The van der Waals surface area contributed by atoms with Crippen LogP contribution in [0.3, 0.4) is 0 Å². The zero-order valence-corrected chi connectivity index (χ0v) is 21.1. The van der Waals surface area contributed by atoms with Gasteiger partial charge < -0.3 is 9.47 Å². The van der Waals surface area contributed by atoms with E-state index in [9.17, 15) is 13.6 Å². The van der Waals surface area contributed by atoms with Gasteiger partial charge in [-0.2, -0.15) is 5.10 Å². The Morgan fingerprint density at radius 3 is 2.68 bits per heavy atom. The third kappa shape index (κ3) is 4.30. The van der Waals surface area contributed by atoms with Crippen molar-refractivity contribution in [3.63, 3.8) is 0 Å². The second kappa shape index (κ2) is 9.04. The molecule has 0 atom stereocenters. The number of fused-ring (bicyclic) bond motifs is 2. The van der Waals surface area contributed by atoms with Crippen molar-refractivity contribution in [2.75, 3.05) is 6.54 Å². The standard InChI is InChI=1S/C28H30F2N6O/c1-3-25(37)35-13-14-36-24(17-35)26(32-27(36)18-7-10-28(29,30)11-8-18)20-6-4-5-19-15-23(31-16-21(19)20)22-9-12-34(2)33-22/h4-6,9,12,15-16,18H,3,7-8,10-11,13-14,17H2,1-2H3. The van der Waals surface area contributed by atoms with Crippen LogP contribution in [0.5, 0.6) is 0 Å². The number of aryl methyl sites for hydroxylation is 1. The molecule has 1 fully saturated rings. The second-order valence-electron chi connectivity index (χ2n) is 10.2. The van der Waals surface area contributed by atoms with Crippen LogP contribution in [0.4, 0.5) is 8.78 Å². The summed E-state index contributed by atoms with van der Waals surface area (Å²) in [5, 5.41) is 6.45. The molecule has 0 unspecified atom stereocenters. The summed E-state index contributed by atoms with van der Waals surface area (Å²) in [5.74, 6) is -1.62. The maximum atomic E-state index is 13.9. The summed E-state index contributed by atoms with van der Waals surface area (Å²) in [7, 11) is 1.88. The van der Waals surface area contributed by atoms with Crippen LogP contribution in [0, 0.1) is 0 Å². The van der Waals surface area contributed by atoms with Crippen molar-refractivity contribution < 1.29 is 13.6 Å². The van der Waals surface area contributed by atoms with E-state index in [4.69, 9.17) is 9.97 Å². The number of hydrogen-bond donors (Lipinski definition) is 0. The smallest absolute Gasteiger partial charge is 0.248 e. The Balaban J connectivity index is 1.45. The number of hydrogen-bond acceptors (Lipinski definition) is 4. The van der Waals surface area contributed by atoms with Crippen molar-refractivity contribution >= 4 is 16.7 Å².